The van der Waals surface area contributed by atoms with E-state index >= 15 is 0 Å². The summed E-state index contributed by atoms with van der Waals surface area (Å²) >= 11 is 0. The molecule has 22 heavy (non-hydrogen) atoms. The van der Waals surface area contributed by atoms with Crippen LogP contribution < -0.4 is 10.2 Å². The standard InChI is InChI=1S/C18H18N2O2/c1-2-17(21)19-15-9-7-14(8-10-15)18(22)20-12-11-13-5-3-4-6-16(13)20/h3-10H,2,11-12H2,1H3,(H,19,21). The third-order valence-corrected chi connectivity index (χ3v) is 3.87. The van der Waals surface area contributed by atoms with E-state index in [1.165, 1.54) is 5.56 Å². The zero-order valence-corrected chi connectivity index (χ0v) is 12.5. The number of amides is 2. The van der Waals surface area contributed by atoms with E-state index < -0.39 is 0 Å². The van der Waals surface area contributed by atoms with Crippen molar-refractivity contribution in [2.45, 2.75) is 19.8 Å². The summed E-state index contributed by atoms with van der Waals surface area (Å²) in [5.74, 6) is -0.0362. The van der Waals surface area contributed by atoms with Crippen LogP contribution in [0, 0.1) is 0 Å². The molecule has 2 aromatic rings. The largest absolute Gasteiger partial charge is 0.326 e. The lowest BCUT2D eigenvalue weighted by atomic mass is 10.1. The molecule has 1 aliphatic rings. The Morgan fingerprint density at radius 2 is 1.82 bits per heavy atom. The van der Waals surface area contributed by atoms with E-state index in [0.717, 1.165) is 12.1 Å². The third kappa shape index (κ3) is 2.72. The first-order valence-electron chi connectivity index (χ1n) is 7.48. The van der Waals surface area contributed by atoms with Crippen LogP contribution in [0.5, 0.6) is 0 Å². The van der Waals surface area contributed by atoms with E-state index in [2.05, 4.69) is 11.4 Å². The lowest BCUT2D eigenvalue weighted by molar-refractivity contribution is -0.115. The fraction of sp³-hybridized carbons (Fsp3) is 0.222. The first-order valence-corrected chi connectivity index (χ1v) is 7.48. The molecule has 0 aromatic heterocycles. The highest BCUT2D eigenvalue weighted by Gasteiger charge is 2.24. The highest BCUT2D eigenvalue weighted by Crippen LogP contribution is 2.29. The van der Waals surface area contributed by atoms with Gasteiger partial charge in [0.15, 0.2) is 0 Å². The second kappa shape index (κ2) is 6.02. The molecule has 4 heteroatoms. The van der Waals surface area contributed by atoms with E-state index in [1.54, 1.807) is 31.2 Å². The van der Waals surface area contributed by atoms with Crippen LogP contribution in [0.2, 0.25) is 0 Å². The first kappa shape index (κ1) is 14.3. The Hall–Kier alpha value is -2.62. The number of nitrogens with zero attached hydrogens (tertiary/aromatic N) is 1. The van der Waals surface area contributed by atoms with Crippen LogP contribution in [0.4, 0.5) is 11.4 Å². The lowest BCUT2D eigenvalue weighted by Crippen LogP contribution is -2.28. The molecular formula is C18H18N2O2. The van der Waals surface area contributed by atoms with Crippen LogP contribution in [0.1, 0.15) is 29.3 Å². The average molecular weight is 294 g/mol. The van der Waals surface area contributed by atoms with Gasteiger partial charge in [-0.25, -0.2) is 0 Å². The highest BCUT2D eigenvalue weighted by molar-refractivity contribution is 6.07. The van der Waals surface area contributed by atoms with Crippen molar-refractivity contribution in [3.8, 4) is 0 Å². The number of fused-ring (bicyclic) bond motifs is 1. The molecule has 1 heterocycles. The minimum absolute atomic E-state index is 0.00156. The number of nitrogens with one attached hydrogen (secondary N) is 1. The number of hydrogen-bond donors (Lipinski definition) is 1. The maximum atomic E-state index is 12.6. The number of carbonyl (C=O) groups excluding carboxylic acids is 2. The molecule has 0 saturated heterocycles. The fourth-order valence-electron chi connectivity index (χ4n) is 2.65. The Balaban J connectivity index is 1.77. The highest BCUT2D eigenvalue weighted by atomic mass is 16.2. The SMILES string of the molecule is CCC(=O)Nc1ccc(C(=O)N2CCc3ccccc32)cc1. The Bertz CT molecular complexity index is 707. The summed E-state index contributed by atoms with van der Waals surface area (Å²) in [7, 11) is 0. The predicted octanol–water partition coefficient (Wildman–Crippen LogP) is 3.24. The van der Waals surface area contributed by atoms with Gasteiger partial charge in [0.25, 0.3) is 5.91 Å². The molecule has 1 N–H and O–H groups in total. The van der Waals surface area contributed by atoms with E-state index in [9.17, 15) is 9.59 Å². The predicted molar refractivity (Wildman–Crippen MR) is 87.2 cm³/mol. The molecule has 0 aliphatic carbocycles. The monoisotopic (exact) mass is 294 g/mol. The van der Waals surface area contributed by atoms with Gasteiger partial charge in [0.2, 0.25) is 5.91 Å². The normalized spacial score (nSPS) is 12.9. The molecule has 1 aliphatic heterocycles. The molecule has 0 saturated carbocycles. The summed E-state index contributed by atoms with van der Waals surface area (Å²) in [6.45, 7) is 2.52. The maximum Gasteiger partial charge on any atom is 0.258 e. The Morgan fingerprint density at radius 1 is 1.09 bits per heavy atom. The number of carbonyl (C=O) groups is 2. The van der Waals surface area contributed by atoms with Gasteiger partial charge in [0.1, 0.15) is 0 Å². The van der Waals surface area contributed by atoms with Gasteiger partial charge in [-0.05, 0) is 42.3 Å². The molecule has 3 rings (SSSR count). The maximum absolute atomic E-state index is 12.6. The zero-order valence-electron chi connectivity index (χ0n) is 12.5. The van der Waals surface area contributed by atoms with Gasteiger partial charge in [-0.2, -0.15) is 0 Å². The van der Waals surface area contributed by atoms with Gasteiger partial charge in [0, 0.05) is 29.9 Å². The van der Waals surface area contributed by atoms with Crippen LogP contribution in [0.3, 0.4) is 0 Å². The van der Waals surface area contributed by atoms with Crippen molar-refractivity contribution in [2.75, 3.05) is 16.8 Å². The van der Waals surface area contributed by atoms with Crippen LogP contribution in [-0.4, -0.2) is 18.4 Å². The number of para-hydroxylation sites is 1. The van der Waals surface area contributed by atoms with Crippen molar-refractivity contribution in [1.82, 2.24) is 0 Å². The molecule has 4 nitrogen and oxygen atoms in total. The van der Waals surface area contributed by atoms with E-state index in [4.69, 9.17) is 0 Å². The molecule has 0 atom stereocenters. The van der Waals surface area contributed by atoms with Crippen molar-refractivity contribution in [3.63, 3.8) is 0 Å². The van der Waals surface area contributed by atoms with Gasteiger partial charge >= 0.3 is 0 Å². The minimum atomic E-state index is -0.0347. The second-order valence-corrected chi connectivity index (χ2v) is 5.31. The van der Waals surface area contributed by atoms with Crippen LogP contribution in [0.15, 0.2) is 48.5 Å². The summed E-state index contributed by atoms with van der Waals surface area (Å²) in [5.41, 5.74) is 3.55. The molecule has 0 bridgehead atoms. The average Bonchev–Trinajstić information content (AvgIpc) is 2.99. The summed E-state index contributed by atoms with van der Waals surface area (Å²) in [4.78, 5) is 25.8. The van der Waals surface area contributed by atoms with Gasteiger partial charge in [-0.3, -0.25) is 9.59 Å². The van der Waals surface area contributed by atoms with Gasteiger partial charge in [-0.15, -0.1) is 0 Å². The van der Waals surface area contributed by atoms with Crippen molar-refractivity contribution in [3.05, 3.63) is 59.7 Å². The van der Waals surface area contributed by atoms with Crippen LogP contribution in [0.25, 0.3) is 0 Å². The Kier molecular flexibility index (Phi) is 3.92. The topological polar surface area (TPSA) is 49.4 Å². The zero-order chi connectivity index (χ0) is 15.5. The van der Waals surface area contributed by atoms with Crippen molar-refractivity contribution in [1.29, 1.82) is 0 Å². The van der Waals surface area contributed by atoms with Crippen LogP contribution >= 0.6 is 0 Å². The minimum Gasteiger partial charge on any atom is -0.326 e. The molecule has 0 unspecified atom stereocenters. The van der Waals surface area contributed by atoms with Gasteiger partial charge in [0.05, 0.1) is 0 Å². The third-order valence-electron chi connectivity index (χ3n) is 3.87. The van der Waals surface area contributed by atoms with Crippen molar-refractivity contribution >= 4 is 23.2 Å². The van der Waals surface area contributed by atoms with Crippen molar-refractivity contribution < 1.29 is 9.59 Å². The van der Waals surface area contributed by atoms with E-state index in [0.29, 0.717) is 24.2 Å². The summed E-state index contributed by atoms with van der Waals surface area (Å²) < 4.78 is 0. The molecule has 2 amide bonds. The van der Waals surface area contributed by atoms with E-state index in [1.807, 2.05) is 23.1 Å². The Morgan fingerprint density at radius 3 is 2.55 bits per heavy atom. The Labute approximate surface area is 129 Å². The molecule has 0 fully saturated rings. The number of rotatable bonds is 3. The quantitative estimate of drug-likeness (QED) is 0.944. The summed E-state index contributed by atoms with van der Waals surface area (Å²) in [6, 6.07) is 15.0. The number of hydrogen-bond acceptors (Lipinski definition) is 2. The van der Waals surface area contributed by atoms with Gasteiger partial charge in [-0.1, -0.05) is 25.1 Å². The first-order chi connectivity index (χ1) is 10.7. The smallest absolute Gasteiger partial charge is 0.258 e. The van der Waals surface area contributed by atoms with Crippen LogP contribution in [-0.2, 0) is 11.2 Å². The van der Waals surface area contributed by atoms with Gasteiger partial charge < -0.3 is 10.2 Å². The summed E-state index contributed by atoms with van der Waals surface area (Å²) in [5, 5.41) is 2.78. The molecular weight excluding hydrogens is 276 g/mol. The van der Waals surface area contributed by atoms with E-state index in [-0.39, 0.29) is 11.8 Å². The second-order valence-electron chi connectivity index (χ2n) is 5.31. The number of benzene rings is 2. The summed E-state index contributed by atoms with van der Waals surface area (Å²) in [6.07, 6.45) is 1.33. The fourth-order valence-corrected chi connectivity index (χ4v) is 2.65. The molecule has 0 spiro atoms. The lowest BCUT2D eigenvalue weighted by Gasteiger charge is -2.17. The number of anilines is 2. The molecule has 112 valence electrons. The molecule has 0 radical (unpaired) electrons. The molecule has 2 aromatic carbocycles. The van der Waals surface area contributed by atoms with Crippen molar-refractivity contribution in [2.24, 2.45) is 0 Å².